The third kappa shape index (κ3) is 1.22. The number of halogens is 3. The first-order chi connectivity index (χ1) is 5.16. The minimum atomic E-state index is -2.50. The lowest BCUT2D eigenvalue weighted by Gasteiger charge is -2.52. The predicted octanol–water partition coefficient (Wildman–Crippen LogP) is 1.20. The monoisotopic (exact) mass is 199 g/mol. The van der Waals surface area contributed by atoms with Crippen LogP contribution in [-0.4, -0.2) is 31.2 Å². The van der Waals surface area contributed by atoms with Crippen molar-refractivity contribution in [2.24, 2.45) is 0 Å². The largest absolute Gasteiger partial charge is 0.381 e. The van der Waals surface area contributed by atoms with Crippen molar-refractivity contribution in [2.75, 3.05) is 19.8 Å². The Hall–Kier alpha value is 0.0700. The van der Waals surface area contributed by atoms with Crippen LogP contribution in [0.1, 0.15) is 12.8 Å². The third-order valence-electron chi connectivity index (χ3n) is 2.70. The van der Waals surface area contributed by atoms with E-state index < -0.39 is 11.5 Å². The zero-order valence-corrected chi connectivity index (χ0v) is 7.42. The van der Waals surface area contributed by atoms with Crippen LogP contribution in [-0.2, 0) is 4.74 Å². The maximum Gasteiger partial charge on any atom is 0.278 e. The van der Waals surface area contributed by atoms with Crippen LogP contribution in [0.15, 0.2) is 0 Å². The van der Waals surface area contributed by atoms with Crippen molar-refractivity contribution in [3.63, 3.8) is 0 Å². The fraction of sp³-hybridized carbons (Fsp3) is 1.00. The summed E-state index contributed by atoms with van der Waals surface area (Å²) in [4.78, 5) is 0. The van der Waals surface area contributed by atoms with Crippen LogP contribution in [0.25, 0.3) is 0 Å². The Morgan fingerprint density at radius 3 is 2.00 bits per heavy atom. The van der Waals surface area contributed by atoms with E-state index in [9.17, 15) is 8.78 Å². The molecule has 0 amide bonds. The molecule has 2 aliphatic heterocycles. The van der Waals surface area contributed by atoms with Gasteiger partial charge in [-0.1, -0.05) is 0 Å². The van der Waals surface area contributed by atoms with Crippen molar-refractivity contribution in [3.8, 4) is 0 Å². The van der Waals surface area contributed by atoms with Crippen LogP contribution in [0.5, 0.6) is 0 Å². The van der Waals surface area contributed by atoms with E-state index in [-0.39, 0.29) is 19.0 Å². The second-order valence-corrected chi connectivity index (χ2v) is 3.25. The van der Waals surface area contributed by atoms with E-state index in [0.717, 1.165) is 0 Å². The van der Waals surface area contributed by atoms with Crippen LogP contribution in [0.2, 0.25) is 0 Å². The molecule has 0 saturated carbocycles. The van der Waals surface area contributed by atoms with Gasteiger partial charge in [-0.15, -0.1) is 12.4 Å². The van der Waals surface area contributed by atoms with E-state index in [4.69, 9.17) is 4.74 Å². The Bertz CT molecular complexity index is 171. The van der Waals surface area contributed by atoms with Crippen molar-refractivity contribution in [3.05, 3.63) is 0 Å². The predicted molar refractivity (Wildman–Crippen MR) is 43.0 cm³/mol. The fourth-order valence-corrected chi connectivity index (χ4v) is 1.73. The lowest BCUT2D eigenvalue weighted by molar-refractivity contribution is -0.185. The summed E-state index contributed by atoms with van der Waals surface area (Å²) in [7, 11) is 0. The molecule has 0 aromatic heterocycles. The maximum atomic E-state index is 13.0. The van der Waals surface area contributed by atoms with E-state index in [2.05, 4.69) is 5.32 Å². The number of hydrogen-bond acceptors (Lipinski definition) is 2. The summed E-state index contributed by atoms with van der Waals surface area (Å²) >= 11 is 0. The highest BCUT2D eigenvalue weighted by atomic mass is 35.5. The van der Waals surface area contributed by atoms with Crippen molar-refractivity contribution >= 4 is 12.4 Å². The molecular weight excluding hydrogens is 188 g/mol. The maximum absolute atomic E-state index is 13.0. The van der Waals surface area contributed by atoms with Crippen LogP contribution in [0.3, 0.4) is 0 Å². The van der Waals surface area contributed by atoms with Gasteiger partial charge in [-0.2, -0.15) is 0 Å². The van der Waals surface area contributed by atoms with Gasteiger partial charge in [0.05, 0.1) is 12.1 Å². The van der Waals surface area contributed by atoms with E-state index >= 15 is 0 Å². The summed E-state index contributed by atoms with van der Waals surface area (Å²) in [5, 5.41) is 2.82. The molecule has 2 heterocycles. The molecule has 0 aromatic rings. The van der Waals surface area contributed by atoms with Crippen LogP contribution >= 0.6 is 12.4 Å². The third-order valence-corrected chi connectivity index (χ3v) is 2.70. The molecule has 0 aromatic carbocycles. The van der Waals surface area contributed by atoms with Crippen molar-refractivity contribution < 1.29 is 13.5 Å². The lowest BCUT2D eigenvalue weighted by Crippen LogP contribution is -2.75. The molecule has 1 N–H and O–H groups in total. The molecule has 2 aliphatic rings. The zero-order valence-electron chi connectivity index (χ0n) is 6.61. The summed E-state index contributed by atoms with van der Waals surface area (Å²) in [6.07, 6.45) is 0.889. The molecule has 0 bridgehead atoms. The first kappa shape index (κ1) is 10.2. The first-order valence-corrected chi connectivity index (χ1v) is 3.87. The summed E-state index contributed by atoms with van der Waals surface area (Å²) < 4.78 is 30.9. The van der Waals surface area contributed by atoms with Gasteiger partial charge in [0.15, 0.2) is 0 Å². The normalized spacial score (nSPS) is 30.5. The summed E-state index contributed by atoms with van der Waals surface area (Å²) in [6.45, 7) is 0.762. The van der Waals surface area contributed by atoms with Gasteiger partial charge < -0.3 is 10.1 Å². The SMILES string of the molecule is Cl.FC1(F)CNC12CCOCC2. The van der Waals surface area contributed by atoms with Crippen molar-refractivity contribution in [1.29, 1.82) is 0 Å². The first-order valence-electron chi connectivity index (χ1n) is 3.87. The van der Waals surface area contributed by atoms with Gasteiger partial charge in [-0.3, -0.25) is 0 Å². The highest BCUT2D eigenvalue weighted by Crippen LogP contribution is 2.42. The highest BCUT2D eigenvalue weighted by molar-refractivity contribution is 5.85. The minimum absolute atomic E-state index is 0. The molecule has 2 rings (SSSR count). The van der Waals surface area contributed by atoms with Crippen LogP contribution < -0.4 is 5.32 Å². The van der Waals surface area contributed by atoms with E-state index in [1.54, 1.807) is 0 Å². The summed E-state index contributed by atoms with van der Waals surface area (Å²) in [6, 6.07) is 0. The highest BCUT2D eigenvalue weighted by Gasteiger charge is 2.61. The molecular formula is C7H12ClF2NO. The molecule has 0 aliphatic carbocycles. The average Bonchev–Trinajstić information content (AvgIpc) is 2.04. The fourth-order valence-electron chi connectivity index (χ4n) is 1.73. The molecule has 2 nitrogen and oxygen atoms in total. The molecule has 5 heteroatoms. The van der Waals surface area contributed by atoms with Gasteiger partial charge in [0, 0.05) is 13.2 Å². The van der Waals surface area contributed by atoms with E-state index in [0.29, 0.717) is 26.1 Å². The number of nitrogens with one attached hydrogen (secondary N) is 1. The quantitative estimate of drug-likeness (QED) is 0.633. The molecule has 2 fully saturated rings. The van der Waals surface area contributed by atoms with E-state index in [1.165, 1.54) is 0 Å². The lowest BCUT2D eigenvalue weighted by atomic mass is 9.77. The topological polar surface area (TPSA) is 21.3 Å². The zero-order chi connectivity index (χ0) is 7.95. The second kappa shape index (κ2) is 3.09. The standard InChI is InChI=1S/C7H11F2NO.ClH/c8-7(9)5-10-6(7)1-3-11-4-2-6;/h10H,1-5H2;1H. The molecule has 1 spiro atoms. The average molecular weight is 200 g/mol. The number of ether oxygens (including phenoxy) is 1. The Labute approximate surface area is 76.1 Å². The number of alkyl halides is 2. The molecule has 0 unspecified atom stereocenters. The van der Waals surface area contributed by atoms with Crippen LogP contribution in [0, 0.1) is 0 Å². The molecule has 0 radical (unpaired) electrons. The van der Waals surface area contributed by atoms with Gasteiger partial charge in [-0.05, 0) is 12.8 Å². The van der Waals surface area contributed by atoms with Gasteiger partial charge in [0.2, 0.25) is 0 Å². The van der Waals surface area contributed by atoms with Gasteiger partial charge in [-0.25, -0.2) is 8.78 Å². The van der Waals surface area contributed by atoms with Gasteiger partial charge in [0.1, 0.15) is 0 Å². The Morgan fingerprint density at radius 2 is 1.75 bits per heavy atom. The molecule has 72 valence electrons. The molecule has 2 saturated heterocycles. The summed E-state index contributed by atoms with van der Waals surface area (Å²) in [5.41, 5.74) is -0.911. The number of hydrogen-bond donors (Lipinski definition) is 1. The Morgan fingerprint density at radius 1 is 1.17 bits per heavy atom. The van der Waals surface area contributed by atoms with Crippen molar-refractivity contribution in [2.45, 2.75) is 24.3 Å². The van der Waals surface area contributed by atoms with Gasteiger partial charge >= 0.3 is 0 Å². The Balaban J connectivity index is 0.000000720. The van der Waals surface area contributed by atoms with Crippen molar-refractivity contribution in [1.82, 2.24) is 5.32 Å². The van der Waals surface area contributed by atoms with Gasteiger partial charge in [0.25, 0.3) is 5.92 Å². The summed E-state index contributed by atoms with van der Waals surface area (Å²) in [5.74, 6) is -2.50. The number of rotatable bonds is 0. The van der Waals surface area contributed by atoms with E-state index in [1.807, 2.05) is 0 Å². The second-order valence-electron chi connectivity index (χ2n) is 3.25. The minimum Gasteiger partial charge on any atom is -0.381 e. The van der Waals surface area contributed by atoms with Crippen LogP contribution in [0.4, 0.5) is 8.78 Å². The smallest absolute Gasteiger partial charge is 0.278 e. The molecule has 12 heavy (non-hydrogen) atoms. The molecule has 0 atom stereocenters. The Kier molecular flexibility index (Phi) is 2.61.